The number of hydrogen-bond acceptors (Lipinski definition) is 4. The van der Waals surface area contributed by atoms with Crippen LogP contribution in [-0.4, -0.2) is 47.1 Å². The Hall–Kier alpha value is -1.62. The van der Waals surface area contributed by atoms with Crippen LogP contribution >= 0.6 is 0 Å². The molecule has 1 atom stereocenters. The van der Waals surface area contributed by atoms with Crippen molar-refractivity contribution in [3.63, 3.8) is 0 Å². The first-order valence-corrected chi connectivity index (χ1v) is 7.84. The lowest BCUT2D eigenvalue weighted by Gasteiger charge is -2.32. The first kappa shape index (κ1) is 15.8. The average molecular weight is 291 g/mol. The van der Waals surface area contributed by atoms with Crippen LogP contribution in [0.4, 0.5) is 5.69 Å². The molecule has 0 aliphatic carbocycles. The van der Waals surface area contributed by atoms with Crippen LogP contribution in [0.25, 0.3) is 0 Å². The van der Waals surface area contributed by atoms with Gasteiger partial charge in [0.2, 0.25) is 0 Å². The standard InChI is InChI=1S/C16H25N3O2/c1-2-8-17-14-5-6-15(18-11-14)16(21)19-9-3-4-13(12-19)7-10-20/h5-6,11,13,17,20H,2-4,7-10,12H2,1H3. The van der Waals surface area contributed by atoms with Crippen LogP contribution in [0.3, 0.4) is 0 Å². The molecule has 0 aromatic carbocycles. The molecule has 0 radical (unpaired) electrons. The number of carbonyl (C=O) groups excluding carboxylic acids is 1. The first-order valence-electron chi connectivity index (χ1n) is 7.84. The maximum absolute atomic E-state index is 12.5. The monoisotopic (exact) mass is 291 g/mol. The quantitative estimate of drug-likeness (QED) is 0.843. The number of anilines is 1. The number of amides is 1. The Kier molecular flexibility index (Phi) is 5.99. The van der Waals surface area contributed by atoms with Crippen molar-refractivity contribution in [2.45, 2.75) is 32.6 Å². The van der Waals surface area contributed by atoms with Crippen LogP contribution in [0.5, 0.6) is 0 Å². The number of hydrogen-bond donors (Lipinski definition) is 2. The van der Waals surface area contributed by atoms with E-state index in [0.29, 0.717) is 11.6 Å². The summed E-state index contributed by atoms with van der Waals surface area (Å²) in [5.41, 5.74) is 1.45. The number of piperidine rings is 1. The molecule has 1 amide bonds. The van der Waals surface area contributed by atoms with Gasteiger partial charge in [0, 0.05) is 26.2 Å². The number of rotatable bonds is 6. The van der Waals surface area contributed by atoms with Crippen molar-refractivity contribution in [3.8, 4) is 0 Å². The molecule has 1 aromatic rings. The zero-order valence-corrected chi connectivity index (χ0v) is 12.7. The number of nitrogens with zero attached hydrogens (tertiary/aromatic N) is 2. The number of carbonyl (C=O) groups is 1. The molecule has 1 unspecified atom stereocenters. The summed E-state index contributed by atoms with van der Waals surface area (Å²) in [4.78, 5) is 18.6. The van der Waals surface area contributed by atoms with E-state index in [2.05, 4.69) is 17.2 Å². The summed E-state index contributed by atoms with van der Waals surface area (Å²) in [5, 5.41) is 12.3. The maximum atomic E-state index is 12.5. The Morgan fingerprint density at radius 3 is 3.05 bits per heavy atom. The van der Waals surface area contributed by atoms with Gasteiger partial charge in [0.25, 0.3) is 5.91 Å². The van der Waals surface area contributed by atoms with Crippen molar-refractivity contribution < 1.29 is 9.90 Å². The van der Waals surface area contributed by atoms with Crippen molar-refractivity contribution in [1.29, 1.82) is 0 Å². The van der Waals surface area contributed by atoms with Gasteiger partial charge in [0.05, 0.1) is 11.9 Å². The predicted octanol–water partition coefficient (Wildman–Crippen LogP) is 2.14. The summed E-state index contributed by atoms with van der Waals surface area (Å²) < 4.78 is 0. The number of aliphatic hydroxyl groups excluding tert-OH is 1. The second kappa shape index (κ2) is 7.98. The Bertz CT molecular complexity index is 445. The second-order valence-corrected chi connectivity index (χ2v) is 5.63. The van der Waals surface area contributed by atoms with E-state index in [1.807, 2.05) is 11.0 Å². The number of aromatic nitrogens is 1. The minimum atomic E-state index is -0.000295. The lowest BCUT2D eigenvalue weighted by atomic mass is 9.95. The fraction of sp³-hybridized carbons (Fsp3) is 0.625. The minimum absolute atomic E-state index is 0.000295. The molecule has 0 bridgehead atoms. The van der Waals surface area contributed by atoms with Crippen molar-refractivity contribution in [2.75, 3.05) is 31.6 Å². The van der Waals surface area contributed by atoms with Crippen LogP contribution in [0.15, 0.2) is 18.3 Å². The summed E-state index contributed by atoms with van der Waals surface area (Å²) in [6, 6.07) is 3.70. The second-order valence-electron chi connectivity index (χ2n) is 5.63. The normalized spacial score (nSPS) is 18.6. The van der Waals surface area contributed by atoms with Gasteiger partial charge in [-0.25, -0.2) is 4.98 Å². The Morgan fingerprint density at radius 1 is 1.52 bits per heavy atom. The highest BCUT2D eigenvalue weighted by Crippen LogP contribution is 2.20. The van der Waals surface area contributed by atoms with Crippen LogP contribution in [-0.2, 0) is 0 Å². The third-order valence-electron chi connectivity index (χ3n) is 3.91. The van der Waals surface area contributed by atoms with Crippen molar-refractivity contribution in [2.24, 2.45) is 5.92 Å². The molecular formula is C16H25N3O2. The van der Waals surface area contributed by atoms with Gasteiger partial charge in [-0.2, -0.15) is 0 Å². The molecule has 1 fully saturated rings. The number of pyridine rings is 1. The first-order chi connectivity index (χ1) is 10.2. The Morgan fingerprint density at radius 2 is 2.38 bits per heavy atom. The van der Waals surface area contributed by atoms with Crippen LogP contribution in [0.2, 0.25) is 0 Å². The molecule has 1 aromatic heterocycles. The van der Waals surface area contributed by atoms with E-state index < -0.39 is 0 Å². The van der Waals surface area contributed by atoms with E-state index in [1.165, 1.54) is 0 Å². The Balaban J connectivity index is 1.95. The summed E-state index contributed by atoms with van der Waals surface area (Å²) in [7, 11) is 0. The SMILES string of the molecule is CCCNc1ccc(C(=O)N2CCCC(CCO)C2)nc1. The van der Waals surface area contributed by atoms with Gasteiger partial charge in [-0.05, 0) is 43.7 Å². The molecule has 2 heterocycles. The Labute approximate surface area is 126 Å². The highest BCUT2D eigenvalue weighted by Gasteiger charge is 2.24. The molecule has 5 nitrogen and oxygen atoms in total. The predicted molar refractivity (Wildman–Crippen MR) is 83.3 cm³/mol. The van der Waals surface area contributed by atoms with Crippen molar-refractivity contribution >= 4 is 11.6 Å². The summed E-state index contributed by atoms with van der Waals surface area (Å²) in [6.45, 7) is 4.74. The minimum Gasteiger partial charge on any atom is -0.396 e. The third-order valence-corrected chi connectivity index (χ3v) is 3.91. The average Bonchev–Trinajstić information content (AvgIpc) is 2.53. The zero-order chi connectivity index (χ0) is 15.1. The van der Waals surface area contributed by atoms with Crippen LogP contribution in [0.1, 0.15) is 43.1 Å². The summed E-state index contributed by atoms with van der Waals surface area (Å²) in [5.74, 6) is 0.415. The van der Waals surface area contributed by atoms with E-state index >= 15 is 0 Å². The molecule has 0 saturated carbocycles. The molecule has 2 N–H and O–H groups in total. The third kappa shape index (κ3) is 4.43. The van der Waals surface area contributed by atoms with Gasteiger partial charge in [-0.15, -0.1) is 0 Å². The largest absolute Gasteiger partial charge is 0.396 e. The van der Waals surface area contributed by atoms with Crippen LogP contribution in [0, 0.1) is 5.92 Å². The van der Waals surface area contributed by atoms with Crippen molar-refractivity contribution in [1.82, 2.24) is 9.88 Å². The molecule has 1 saturated heterocycles. The lowest BCUT2D eigenvalue weighted by molar-refractivity contribution is 0.0648. The number of likely N-dealkylation sites (tertiary alicyclic amines) is 1. The molecule has 5 heteroatoms. The van der Waals surface area contributed by atoms with Crippen molar-refractivity contribution in [3.05, 3.63) is 24.0 Å². The van der Waals surface area contributed by atoms with Gasteiger partial charge < -0.3 is 15.3 Å². The smallest absolute Gasteiger partial charge is 0.272 e. The van der Waals surface area contributed by atoms with E-state index in [-0.39, 0.29) is 12.5 Å². The topological polar surface area (TPSA) is 65.5 Å². The molecule has 116 valence electrons. The number of nitrogens with one attached hydrogen (secondary N) is 1. The lowest BCUT2D eigenvalue weighted by Crippen LogP contribution is -2.40. The fourth-order valence-corrected chi connectivity index (χ4v) is 2.72. The van der Waals surface area contributed by atoms with Crippen LogP contribution < -0.4 is 5.32 Å². The zero-order valence-electron chi connectivity index (χ0n) is 12.7. The molecule has 21 heavy (non-hydrogen) atoms. The molecule has 1 aliphatic rings. The van der Waals surface area contributed by atoms with Gasteiger partial charge >= 0.3 is 0 Å². The van der Waals surface area contributed by atoms with Gasteiger partial charge in [-0.1, -0.05) is 6.92 Å². The fourth-order valence-electron chi connectivity index (χ4n) is 2.72. The van der Waals surface area contributed by atoms with E-state index in [9.17, 15) is 4.79 Å². The summed E-state index contributed by atoms with van der Waals surface area (Å²) >= 11 is 0. The van der Waals surface area contributed by atoms with Gasteiger partial charge in [-0.3, -0.25) is 4.79 Å². The molecular weight excluding hydrogens is 266 g/mol. The van der Waals surface area contributed by atoms with E-state index in [0.717, 1.165) is 51.0 Å². The molecule has 1 aliphatic heterocycles. The van der Waals surface area contributed by atoms with E-state index in [1.54, 1.807) is 12.3 Å². The van der Waals surface area contributed by atoms with E-state index in [4.69, 9.17) is 5.11 Å². The highest BCUT2D eigenvalue weighted by atomic mass is 16.3. The van der Waals surface area contributed by atoms with Gasteiger partial charge in [0.15, 0.2) is 0 Å². The maximum Gasteiger partial charge on any atom is 0.272 e. The van der Waals surface area contributed by atoms with Gasteiger partial charge in [0.1, 0.15) is 5.69 Å². The molecule has 0 spiro atoms. The molecule has 2 rings (SSSR count). The summed E-state index contributed by atoms with van der Waals surface area (Å²) in [6.07, 6.45) is 5.65. The highest BCUT2D eigenvalue weighted by molar-refractivity contribution is 5.92. The number of aliphatic hydroxyl groups is 1.